The lowest BCUT2D eigenvalue weighted by atomic mass is 9.95. The number of hydrogen-bond acceptors (Lipinski definition) is 9. The van der Waals surface area contributed by atoms with E-state index in [4.69, 9.17) is 19.2 Å². The molecule has 1 aliphatic rings. The molecule has 1 amide bonds. The van der Waals surface area contributed by atoms with Crippen LogP contribution in [0.5, 0.6) is 17.2 Å². The molecule has 0 saturated heterocycles. The Morgan fingerprint density at radius 1 is 0.960 bits per heavy atom. The molecule has 0 unspecified atom stereocenters. The summed E-state index contributed by atoms with van der Waals surface area (Å²) in [6, 6.07) is 23.8. The number of ether oxygens (including phenoxy) is 3. The van der Waals surface area contributed by atoms with Crippen molar-refractivity contribution in [2.24, 2.45) is 4.99 Å². The van der Waals surface area contributed by atoms with E-state index in [1.165, 1.54) is 30.6 Å². The van der Waals surface area contributed by atoms with Gasteiger partial charge in [0.2, 0.25) is 0 Å². The Hall–Kier alpha value is -6.01. The Kier molecular flexibility index (Phi) is 9.64. The van der Waals surface area contributed by atoms with Gasteiger partial charge in [0.25, 0.3) is 17.2 Å². The molecule has 12 heteroatoms. The largest absolute Gasteiger partial charge is 0.497 e. The molecule has 4 aromatic carbocycles. The molecule has 50 heavy (non-hydrogen) atoms. The first-order chi connectivity index (χ1) is 24.1. The molecular weight excluding hydrogens is 657 g/mol. The summed E-state index contributed by atoms with van der Waals surface area (Å²) < 4.78 is 18.9. The third-order valence-corrected chi connectivity index (χ3v) is 9.34. The minimum Gasteiger partial charge on any atom is -0.497 e. The van der Waals surface area contributed by atoms with E-state index in [0.717, 1.165) is 22.3 Å². The van der Waals surface area contributed by atoms with Crippen molar-refractivity contribution in [3.63, 3.8) is 0 Å². The van der Waals surface area contributed by atoms with E-state index in [2.05, 4.69) is 5.32 Å². The van der Waals surface area contributed by atoms with Crippen LogP contribution in [0.2, 0.25) is 0 Å². The number of fused-ring (bicyclic) bond motifs is 1. The molecule has 0 radical (unpaired) electrons. The first kappa shape index (κ1) is 33.9. The summed E-state index contributed by atoms with van der Waals surface area (Å²) in [7, 11) is 3.10. The number of thiazole rings is 1. The van der Waals surface area contributed by atoms with E-state index in [1.54, 1.807) is 67.1 Å². The zero-order valence-electron chi connectivity index (χ0n) is 28.1. The number of allylic oxidation sites excluding steroid dienone is 1. The van der Waals surface area contributed by atoms with Crippen LogP contribution in [-0.2, 0) is 11.4 Å². The average Bonchev–Trinajstić information content (AvgIpc) is 3.41. The molecule has 5 aromatic rings. The number of nitrogens with zero attached hydrogens (tertiary/aromatic N) is 3. The van der Waals surface area contributed by atoms with E-state index in [-0.39, 0.29) is 23.8 Å². The SMILES string of the molecule is COc1ccc([C@@H]2C(C(=O)Nc3ccc(C)cc3C)=C(C)N=c3s/c(=C/c4ccc(OCc5ccc([N+](=O)[O-])cc5)c(OC)c4)c(=O)n32)cc1. The molecule has 1 aliphatic heterocycles. The van der Waals surface area contributed by atoms with Crippen molar-refractivity contribution in [2.75, 3.05) is 19.5 Å². The number of benzene rings is 4. The van der Waals surface area contributed by atoms with Crippen LogP contribution >= 0.6 is 11.3 Å². The van der Waals surface area contributed by atoms with E-state index in [9.17, 15) is 19.7 Å². The molecule has 0 aliphatic carbocycles. The minimum atomic E-state index is -0.741. The van der Waals surface area contributed by atoms with Crippen LogP contribution in [0.1, 0.15) is 40.8 Å². The molecule has 0 spiro atoms. The van der Waals surface area contributed by atoms with Crippen LogP contribution in [0.25, 0.3) is 6.08 Å². The molecule has 0 bridgehead atoms. The Labute approximate surface area is 291 Å². The van der Waals surface area contributed by atoms with Gasteiger partial charge in [0.1, 0.15) is 12.4 Å². The maximum Gasteiger partial charge on any atom is 0.271 e. The van der Waals surface area contributed by atoms with Gasteiger partial charge in [-0.2, -0.15) is 0 Å². The summed E-state index contributed by atoms with van der Waals surface area (Å²) in [5.74, 6) is 1.23. The Bertz CT molecular complexity index is 2320. The number of amides is 1. The molecule has 2 heterocycles. The van der Waals surface area contributed by atoms with E-state index < -0.39 is 11.0 Å². The van der Waals surface area contributed by atoms with Gasteiger partial charge in [-0.1, -0.05) is 47.2 Å². The van der Waals surface area contributed by atoms with Crippen LogP contribution in [-0.4, -0.2) is 29.6 Å². The molecule has 6 rings (SSSR count). The Morgan fingerprint density at radius 3 is 2.36 bits per heavy atom. The van der Waals surface area contributed by atoms with Crippen molar-refractivity contribution in [2.45, 2.75) is 33.4 Å². The number of carbonyl (C=O) groups excluding carboxylic acids is 1. The predicted molar refractivity (Wildman–Crippen MR) is 192 cm³/mol. The fourth-order valence-electron chi connectivity index (χ4n) is 5.78. The van der Waals surface area contributed by atoms with Gasteiger partial charge in [0.05, 0.1) is 41.0 Å². The molecule has 1 aromatic heterocycles. The van der Waals surface area contributed by atoms with Gasteiger partial charge >= 0.3 is 0 Å². The zero-order valence-corrected chi connectivity index (χ0v) is 28.9. The number of aromatic nitrogens is 1. The quantitative estimate of drug-likeness (QED) is 0.140. The van der Waals surface area contributed by atoms with Crippen LogP contribution in [0.3, 0.4) is 0 Å². The number of anilines is 1. The van der Waals surface area contributed by atoms with Crippen LogP contribution in [0.15, 0.2) is 106 Å². The van der Waals surface area contributed by atoms with Crippen molar-refractivity contribution >= 4 is 34.7 Å². The predicted octanol–water partition coefficient (Wildman–Crippen LogP) is 6.00. The zero-order chi connectivity index (χ0) is 35.5. The molecule has 11 nitrogen and oxygen atoms in total. The van der Waals surface area contributed by atoms with E-state index in [1.807, 2.05) is 44.2 Å². The number of aryl methyl sites for hydroxylation is 2. The van der Waals surface area contributed by atoms with Gasteiger partial charge in [-0.3, -0.25) is 24.3 Å². The lowest BCUT2D eigenvalue weighted by Crippen LogP contribution is -2.40. The lowest BCUT2D eigenvalue weighted by Gasteiger charge is -2.25. The highest BCUT2D eigenvalue weighted by molar-refractivity contribution is 7.07. The second kappa shape index (κ2) is 14.2. The molecule has 254 valence electrons. The monoisotopic (exact) mass is 690 g/mol. The second-order valence-corrected chi connectivity index (χ2v) is 12.8. The van der Waals surface area contributed by atoms with Gasteiger partial charge in [-0.25, -0.2) is 4.99 Å². The fraction of sp³-hybridized carbons (Fsp3) is 0.184. The maximum absolute atomic E-state index is 14.2. The van der Waals surface area contributed by atoms with Gasteiger partial charge in [-0.05, 0) is 91.6 Å². The minimum absolute atomic E-state index is 0.00302. The van der Waals surface area contributed by atoms with Crippen molar-refractivity contribution in [3.05, 3.63) is 154 Å². The Balaban J connectivity index is 1.35. The third-order valence-electron chi connectivity index (χ3n) is 8.35. The van der Waals surface area contributed by atoms with Gasteiger partial charge in [-0.15, -0.1) is 0 Å². The topological polar surface area (TPSA) is 134 Å². The number of rotatable bonds is 10. The van der Waals surface area contributed by atoms with Gasteiger partial charge in [0.15, 0.2) is 16.3 Å². The fourth-order valence-corrected chi connectivity index (χ4v) is 6.82. The molecular formula is C38H34N4O7S. The summed E-state index contributed by atoms with van der Waals surface area (Å²) in [5.41, 5.74) is 5.46. The average molecular weight is 691 g/mol. The number of hydrogen-bond donors (Lipinski definition) is 1. The first-order valence-electron chi connectivity index (χ1n) is 15.7. The molecule has 0 fully saturated rings. The van der Waals surface area contributed by atoms with E-state index >= 15 is 0 Å². The maximum atomic E-state index is 14.2. The first-order valence-corrected chi connectivity index (χ1v) is 16.5. The third kappa shape index (κ3) is 6.92. The number of nitro benzene ring substituents is 1. The van der Waals surface area contributed by atoms with Gasteiger partial charge in [0, 0.05) is 17.8 Å². The second-order valence-electron chi connectivity index (χ2n) is 11.7. The number of carbonyl (C=O) groups is 1. The van der Waals surface area contributed by atoms with Crippen LogP contribution < -0.4 is 34.4 Å². The van der Waals surface area contributed by atoms with Crippen molar-refractivity contribution in [1.29, 1.82) is 0 Å². The lowest BCUT2D eigenvalue weighted by molar-refractivity contribution is -0.384. The van der Waals surface area contributed by atoms with Crippen molar-refractivity contribution in [3.8, 4) is 17.2 Å². The number of non-ortho nitro benzene ring substituents is 1. The van der Waals surface area contributed by atoms with Crippen LogP contribution in [0, 0.1) is 24.0 Å². The van der Waals surface area contributed by atoms with Crippen molar-refractivity contribution < 1.29 is 23.9 Å². The highest BCUT2D eigenvalue weighted by atomic mass is 32.1. The normalized spacial score (nSPS) is 14.1. The molecule has 1 N–H and O–H groups in total. The number of methoxy groups -OCH3 is 2. The Morgan fingerprint density at radius 2 is 1.70 bits per heavy atom. The number of nitrogens with one attached hydrogen (secondary N) is 1. The summed E-state index contributed by atoms with van der Waals surface area (Å²) in [5, 5.41) is 14.0. The van der Waals surface area contributed by atoms with Crippen LogP contribution in [0.4, 0.5) is 11.4 Å². The molecule has 1 atom stereocenters. The number of nitro groups is 1. The highest BCUT2D eigenvalue weighted by Gasteiger charge is 2.32. The summed E-state index contributed by atoms with van der Waals surface area (Å²) in [4.78, 5) is 43.9. The molecule has 0 saturated carbocycles. The highest BCUT2D eigenvalue weighted by Crippen LogP contribution is 2.33. The smallest absolute Gasteiger partial charge is 0.271 e. The summed E-state index contributed by atoms with van der Waals surface area (Å²) >= 11 is 1.23. The van der Waals surface area contributed by atoms with Crippen molar-refractivity contribution in [1.82, 2.24) is 4.57 Å². The summed E-state index contributed by atoms with van der Waals surface area (Å²) in [6.45, 7) is 5.89. The summed E-state index contributed by atoms with van der Waals surface area (Å²) in [6.07, 6.45) is 1.76. The standard InChI is InChI=1S/C38H34N4O7S/c1-22-6-16-30(23(2)18-22)40-36(43)34-24(3)39-38-41(35(34)27-10-14-29(47-4)15-11-27)37(44)33(50-38)20-26-9-17-31(32(19-26)48-5)49-21-25-7-12-28(13-8-25)42(45)46/h6-20,35H,21H2,1-5H3,(H,40,43)/b33-20+/t35-/m1/s1. The van der Waals surface area contributed by atoms with E-state index in [0.29, 0.717) is 49.1 Å². The van der Waals surface area contributed by atoms with Gasteiger partial charge < -0.3 is 19.5 Å².